The van der Waals surface area contributed by atoms with Crippen molar-refractivity contribution < 1.29 is 5.48 Å². The van der Waals surface area contributed by atoms with Gasteiger partial charge in [0.2, 0.25) is 0 Å². The normalized spacial score (nSPS) is 14.4. The van der Waals surface area contributed by atoms with Crippen LogP contribution in [0.4, 0.5) is 17.1 Å². The van der Waals surface area contributed by atoms with Crippen LogP contribution in [0.1, 0.15) is 52.7 Å². The van der Waals surface area contributed by atoms with Gasteiger partial charge >= 0.3 is 0 Å². The molecular formula is C70H50N2. The van der Waals surface area contributed by atoms with Gasteiger partial charge < -0.3 is 9.47 Å². The van der Waals surface area contributed by atoms with Crippen molar-refractivity contribution in [2.75, 3.05) is 4.90 Å². The molecule has 0 radical (unpaired) electrons. The highest BCUT2D eigenvalue weighted by Crippen LogP contribution is 2.57. The monoisotopic (exact) mass is 922 g/mol. The molecule has 2 nitrogen and oxygen atoms in total. The van der Waals surface area contributed by atoms with Crippen LogP contribution in [0.5, 0.6) is 0 Å². The van der Waals surface area contributed by atoms with Crippen LogP contribution >= 0.6 is 0 Å². The number of hydrogen-bond donors (Lipinski definition) is 0. The molecule has 340 valence electrons. The Balaban J connectivity index is 1.01. The molecule has 12 aromatic rings. The lowest BCUT2D eigenvalue weighted by atomic mass is 9.67. The van der Waals surface area contributed by atoms with E-state index in [0.29, 0.717) is 16.9 Å². The fourth-order valence-corrected chi connectivity index (χ4v) is 12.2. The second-order valence-electron chi connectivity index (χ2n) is 19.7. The Morgan fingerprint density at radius 2 is 0.847 bits per heavy atom. The lowest BCUT2D eigenvalue weighted by Gasteiger charge is -2.34. The van der Waals surface area contributed by atoms with Crippen molar-refractivity contribution in [3.8, 4) is 50.2 Å². The first-order valence-electron chi connectivity index (χ1n) is 26.8. The predicted octanol–water partition coefficient (Wildman–Crippen LogP) is 18.3. The number of fused-ring (bicyclic) bond motifs is 9. The van der Waals surface area contributed by atoms with Crippen molar-refractivity contribution in [2.24, 2.45) is 0 Å². The highest BCUT2D eigenvalue weighted by molar-refractivity contribution is 6.11. The van der Waals surface area contributed by atoms with Gasteiger partial charge in [0.15, 0.2) is 0 Å². The number of aromatic nitrogens is 1. The molecule has 2 heteroatoms. The van der Waals surface area contributed by atoms with E-state index in [4.69, 9.17) is 0 Å². The molecule has 0 aliphatic heterocycles. The molecule has 11 aromatic carbocycles. The first-order valence-corrected chi connectivity index (χ1v) is 24.8. The summed E-state index contributed by atoms with van der Waals surface area (Å²) in [4.78, 5) is 1.92. The minimum Gasteiger partial charge on any atom is -0.310 e. The largest absolute Gasteiger partial charge is 0.310 e. The lowest BCUT2D eigenvalue weighted by molar-refractivity contribution is 0.660. The van der Waals surface area contributed by atoms with Crippen molar-refractivity contribution in [3.05, 3.63) is 300 Å². The van der Waals surface area contributed by atoms with Crippen molar-refractivity contribution in [3.63, 3.8) is 0 Å². The average molecular weight is 923 g/mol. The van der Waals surface area contributed by atoms with Crippen LogP contribution in [0.2, 0.25) is 0 Å². The maximum Gasteiger partial charge on any atom is 0.0713 e. The second-order valence-corrected chi connectivity index (χ2v) is 19.7. The fraction of sp³-hybridized carbons (Fsp3) is 0.0571. The van der Waals surface area contributed by atoms with Gasteiger partial charge in [0.05, 0.1) is 21.9 Å². The van der Waals surface area contributed by atoms with Gasteiger partial charge in [0.1, 0.15) is 0 Å². The van der Waals surface area contributed by atoms with E-state index in [2.05, 4.69) is 219 Å². The zero-order valence-electron chi connectivity index (χ0n) is 44.0. The summed E-state index contributed by atoms with van der Waals surface area (Å²) in [5, 5.41) is 2.03. The number of para-hydroxylation sites is 1. The summed E-state index contributed by atoms with van der Waals surface area (Å²) in [5.41, 5.74) is 18.7. The quantitative estimate of drug-likeness (QED) is 0.147. The minimum absolute atomic E-state index is 0.0927. The maximum absolute atomic E-state index is 9.99. The molecule has 0 amide bonds. The molecule has 14 rings (SSSR count). The van der Waals surface area contributed by atoms with Crippen LogP contribution in [0.3, 0.4) is 0 Å². The Morgan fingerprint density at radius 3 is 1.51 bits per heavy atom. The van der Waals surface area contributed by atoms with Gasteiger partial charge in [-0.15, -0.1) is 0 Å². The molecule has 1 heterocycles. The van der Waals surface area contributed by atoms with E-state index in [-0.39, 0.29) is 40.8 Å². The molecule has 2 aliphatic rings. The number of anilines is 3. The van der Waals surface area contributed by atoms with E-state index < -0.39 is 5.41 Å². The zero-order chi connectivity index (χ0) is 51.5. The van der Waals surface area contributed by atoms with Crippen LogP contribution in [-0.2, 0) is 10.8 Å². The minimum atomic E-state index is -0.621. The molecular weight excluding hydrogens is 869 g/mol. The third kappa shape index (κ3) is 6.28. The van der Waals surface area contributed by atoms with Crippen molar-refractivity contribution in [2.45, 2.75) is 24.7 Å². The molecule has 0 spiro atoms. The maximum atomic E-state index is 9.99. The summed E-state index contributed by atoms with van der Waals surface area (Å²) in [5.74, 6) is 0. The molecule has 0 N–H and O–H groups in total. The van der Waals surface area contributed by atoms with E-state index in [1.165, 1.54) is 38.9 Å². The molecule has 2 aliphatic carbocycles. The SMILES string of the molecule is [2H]c1c([2H])c(N(c2ccc(-c3ccccc3)cc2)c2ccc3c(c2)c2cc(C4(c5ccccc5)c5ccccc5-c5ccccc54)ccc2n3-c2ccccc2)c([2H])c([2H])c1-c1ccc2c(c1)C(C)(C)c1ccccc1-2. The fourth-order valence-electron chi connectivity index (χ4n) is 12.2. The summed E-state index contributed by atoms with van der Waals surface area (Å²) in [7, 11) is 0. The first kappa shape index (κ1) is 37.9. The highest BCUT2D eigenvalue weighted by atomic mass is 15.1. The third-order valence-electron chi connectivity index (χ3n) is 15.6. The zero-order valence-corrected chi connectivity index (χ0v) is 40.0. The smallest absolute Gasteiger partial charge is 0.0713 e. The molecule has 0 atom stereocenters. The molecule has 0 saturated carbocycles. The van der Waals surface area contributed by atoms with E-state index >= 15 is 0 Å². The van der Waals surface area contributed by atoms with E-state index in [0.717, 1.165) is 55.3 Å². The molecule has 0 bridgehead atoms. The summed E-state index contributed by atoms with van der Waals surface area (Å²) in [6.45, 7) is 4.42. The van der Waals surface area contributed by atoms with Gasteiger partial charge in [0.25, 0.3) is 0 Å². The van der Waals surface area contributed by atoms with Gasteiger partial charge in [-0.3, -0.25) is 0 Å². The summed E-state index contributed by atoms with van der Waals surface area (Å²) < 4.78 is 41.9. The highest BCUT2D eigenvalue weighted by Gasteiger charge is 2.46. The topological polar surface area (TPSA) is 8.17 Å². The van der Waals surface area contributed by atoms with Crippen LogP contribution < -0.4 is 4.90 Å². The number of nitrogens with zero attached hydrogens (tertiary/aromatic N) is 2. The van der Waals surface area contributed by atoms with Crippen LogP contribution in [0.15, 0.2) is 267 Å². The first-order chi connectivity index (χ1) is 37.1. The number of hydrogen-bond acceptors (Lipinski definition) is 1. The third-order valence-corrected chi connectivity index (χ3v) is 15.6. The van der Waals surface area contributed by atoms with Gasteiger partial charge in [-0.1, -0.05) is 208 Å². The predicted molar refractivity (Wildman–Crippen MR) is 301 cm³/mol. The Labute approximate surface area is 427 Å². The summed E-state index contributed by atoms with van der Waals surface area (Å²) >= 11 is 0. The second kappa shape index (κ2) is 16.3. The Kier molecular flexibility index (Phi) is 8.57. The molecule has 72 heavy (non-hydrogen) atoms. The van der Waals surface area contributed by atoms with Crippen LogP contribution in [0.25, 0.3) is 72.0 Å². The van der Waals surface area contributed by atoms with Gasteiger partial charge in [0, 0.05) is 38.9 Å². The average Bonchev–Trinajstić information content (AvgIpc) is 4.15. The van der Waals surface area contributed by atoms with E-state index in [9.17, 15) is 5.48 Å². The van der Waals surface area contributed by atoms with Crippen molar-refractivity contribution in [1.29, 1.82) is 0 Å². The summed E-state index contributed by atoms with van der Waals surface area (Å²) in [6.07, 6.45) is 0. The standard InChI is InChI=1S/C70H50N2/c1-69(2)63-27-15-12-24-57(63)60-41-34-50(44-66(60)69)49-32-38-55(39-33-49)71(54-36-30-48(31-37-54)47-18-6-3-7-19-47)56-40-43-68-62(46-56)61-45-52(35-42-67(61)72(68)53-22-10-5-11-23-53)70(51-20-8-4-9-21-51)64-28-16-13-25-58(64)59-26-14-17-29-65(59)70/h3-46H,1-2H3/i32D,33D,38D,39D. The molecule has 0 unspecified atom stereocenters. The van der Waals surface area contributed by atoms with Crippen LogP contribution in [-0.4, -0.2) is 4.57 Å². The molecule has 0 fully saturated rings. The van der Waals surface area contributed by atoms with Gasteiger partial charge in [-0.2, -0.15) is 0 Å². The molecule has 0 saturated heterocycles. The van der Waals surface area contributed by atoms with Crippen molar-refractivity contribution in [1.82, 2.24) is 4.57 Å². The van der Waals surface area contributed by atoms with Crippen molar-refractivity contribution >= 4 is 38.9 Å². The Hall–Kier alpha value is -8.98. The lowest BCUT2D eigenvalue weighted by Crippen LogP contribution is -2.28. The summed E-state index contributed by atoms with van der Waals surface area (Å²) in [6, 6.07) is 84.9. The van der Waals surface area contributed by atoms with Gasteiger partial charge in [-0.25, -0.2) is 0 Å². The number of rotatable bonds is 8. The number of benzene rings is 11. The van der Waals surface area contributed by atoms with Gasteiger partial charge in [-0.05, 0) is 151 Å². The Bertz CT molecular complexity index is 4220. The van der Waals surface area contributed by atoms with E-state index in [1.54, 1.807) is 0 Å². The molecule has 1 aromatic heterocycles. The van der Waals surface area contributed by atoms with Crippen LogP contribution in [0, 0.1) is 0 Å². The Morgan fingerprint density at radius 1 is 0.347 bits per heavy atom. The van der Waals surface area contributed by atoms with E-state index in [1.807, 2.05) is 47.4 Å².